The van der Waals surface area contributed by atoms with E-state index < -0.39 is 11.9 Å². The van der Waals surface area contributed by atoms with Gasteiger partial charge in [-0.15, -0.1) is 0 Å². The molecule has 1 heterocycles. The normalized spacial score (nSPS) is 11.7. The van der Waals surface area contributed by atoms with Gasteiger partial charge in [0.25, 0.3) is 0 Å². The van der Waals surface area contributed by atoms with Crippen LogP contribution in [0.1, 0.15) is 17.7 Å². The third-order valence-corrected chi connectivity index (χ3v) is 3.54. The van der Waals surface area contributed by atoms with E-state index in [1.165, 1.54) is 0 Å². The Kier molecular flexibility index (Phi) is 6.29. The minimum atomic E-state index is -0.950. The number of nitrogens with one attached hydrogen (secondary N) is 1. The first kappa shape index (κ1) is 16.7. The van der Waals surface area contributed by atoms with E-state index in [0.717, 1.165) is 11.3 Å². The Morgan fingerprint density at radius 1 is 1.09 bits per heavy atom. The van der Waals surface area contributed by atoms with Crippen LogP contribution in [0.2, 0.25) is 0 Å². The van der Waals surface area contributed by atoms with Crippen LogP contribution in [0.3, 0.4) is 0 Å². The molecule has 2 N–H and O–H groups in total. The van der Waals surface area contributed by atoms with Crippen molar-refractivity contribution in [2.24, 2.45) is 5.92 Å². The van der Waals surface area contributed by atoms with Gasteiger partial charge in [0.05, 0.1) is 5.92 Å². The first-order valence-electron chi connectivity index (χ1n) is 7.58. The highest BCUT2D eigenvalue weighted by Gasteiger charge is 2.21. The van der Waals surface area contributed by atoms with Gasteiger partial charge >= 0.3 is 5.97 Å². The number of nitrogens with zero attached hydrogens (tertiary/aromatic N) is 1. The molecular weight excluding hydrogens is 292 g/mol. The minimum absolute atomic E-state index is 0.0214. The summed E-state index contributed by atoms with van der Waals surface area (Å²) < 4.78 is 0. The summed E-state index contributed by atoms with van der Waals surface area (Å²) in [5, 5.41) is 12.1. The highest BCUT2D eigenvalue weighted by molar-refractivity contribution is 5.82. The summed E-state index contributed by atoms with van der Waals surface area (Å²) in [5.74, 6) is -1.91. The number of hydrogen-bond acceptors (Lipinski definition) is 3. The Balaban J connectivity index is 1.80. The van der Waals surface area contributed by atoms with Crippen LogP contribution in [0.5, 0.6) is 0 Å². The quantitative estimate of drug-likeness (QED) is 0.782. The van der Waals surface area contributed by atoms with Gasteiger partial charge in [0.15, 0.2) is 0 Å². The number of aliphatic carboxylic acids is 1. The second-order valence-corrected chi connectivity index (χ2v) is 5.35. The molecule has 2 rings (SSSR count). The zero-order valence-electron chi connectivity index (χ0n) is 12.8. The smallest absolute Gasteiger partial charge is 0.307 e. The lowest BCUT2D eigenvalue weighted by atomic mass is 9.96. The lowest BCUT2D eigenvalue weighted by Crippen LogP contribution is -2.30. The summed E-state index contributed by atoms with van der Waals surface area (Å²) in [7, 11) is 0. The molecule has 0 bridgehead atoms. The SMILES string of the molecule is O=C(C[C@@H](Cc1ccccc1)C(=O)O)NCCc1ccccn1. The molecule has 0 aliphatic rings. The average Bonchev–Trinajstić information content (AvgIpc) is 2.56. The summed E-state index contributed by atoms with van der Waals surface area (Å²) >= 11 is 0. The fourth-order valence-electron chi connectivity index (χ4n) is 2.32. The van der Waals surface area contributed by atoms with Crippen LogP contribution < -0.4 is 5.32 Å². The van der Waals surface area contributed by atoms with E-state index in [0.29, 0.717) is 19.4 Å². The van der Waals surface area contributed by atoms with E-state index in [9.17, 15) is 14.7 Å². The van der Waals surface area contributed by atoms with Crippen LogP contribution >= 0.6 is 0 Å². The Bertz CT molecular complexity index is 629. The maximum absolute atomic E-state index is 11.9. The number of hydrogen-bond donors (Lipinski definition) is 2. The number of benzene rings is 1. The van der Waals surface area contributed by atoms with Gasteiger partial charge < -0.3 is 10.4 Å². The lowest BCUT2D eigenvalue weighted by molar-refractivity contribution is -0.144. The maximum Gasteiger partial charge on any atom is 0.307 e. The molecule has 1 aromatic heterocycles. The third-order valence-electron chi connectivity index (χ3n) is 3.54. The van der Waals surface area contributed by atoms with Crippen molar-refractivity contribution in [3.05, 3.63) is 66.0 Å². The number of rotatable bonds is 8. The molecule has 120 valence electrons. The first-order valence-corrected chi connectivity index (χ1v) is 7.58. The first-order chi connectivity index (χ1) is 11.1. The lowest BCUT2D eigenvalue weighted by Gasteiger charge is -2.12. The van der Waals surface area contributed by atoms with Crippen molar-refractivity contribution in [1.29, 1.82) is 0 Å². The van der Waals surface area contributed by atoms with E-state index in [1.807, 2.05) is 48.5 Å². The Morgan fingerprint density at radius 2 is 1.83 bits per heavy atom. The number of pyridine rings is 1. The molecule has 0 fully saturated rings. The van der Waals surface area contributed by atoms with Gasteiger partial charge in [-0.1, -0.05) is 36.4 Å². The molecule has 0 spiro atoms. The van der Waals surface area contributed by atoms with Crippen molar-refractivity contribution in [2.75, 3.05) is 6.54 Å². The van der Waals surface area contributed by atoms with Gasteiger partial charge in [-0.05, 0) is 24.1 Å². The van der Waals surface area contributed by atoms with Gasteiger partial charge in [-0.3, -0.25) is 14.6 Å². The summed E-state index contributed by atoms with van der Waals surface area (Å²) in [6.07, 6.45) is 2.66. The van der Waals surface area contributed by atoms with Crippen LogP contribution in [-0.2, 0) is 22.4 Å². The highest BCUT2D eigenvalue weighted by Crippen LogP contribution is 2.12. The van der Waals surface area contributed by atoms with Crippen LogP contribution in [0.25, 0.3) is 0 Å². The van der Waals surface area contributed by atoms with Gasteiger partial charge in [0.1, 0.15) is 0 Å². The zero-order valence-corrected chi connectivity index (χ0v) is 12.8. The molecule has 1 aromatic carbocycles. The molecule has 0 radical (unpaired) electrons. The molecule has 23 heavy (non-hydrogen) atoms. The number of aromatic nitrogens is 1. The molecule has 0 saturated heterocycles. The van der Waals surface area contributed by atoms with E-state index in [1.54, 1.807) is 6.20 Å². The molecule has 0 aliphatic heterocycles. The van der Waals surface area contributed by atoms with Crippen molar-refractivity contribution in [1.82, 2.24) is 10.3 Å². The summed E-state index contributed by atoms with van der Waals surface area (Å²) in [6, 6.07) is 15.0. The predicted octanol–water partition coefficient (Wildman–Crippen LogP) is 2.07. The van der Waals surface area contributed by atoms with E-state index >= 15 is 0 Å². The molecule has 1 atom stereocenters. The Hall–Kier alpha value is -2.69. The maximum atomic E-state index is 11.9. The minimum Gasteiger partial charge on any atom is -0.481 e. The number of amides is 1. The summed E-state index contributed by atoms with van der Waals surface area (Å²) in [6.45, 7) is 0.452. The average molecular weight is 312 g/mol. The van der Waals surface area contributed by atoms with Crippen LogP contribution in [0, 0.1) is 5.92 Å². The number of carboxylic acids is 1. The summed E-state index contributed by atoms with van der Waals surface area (Å²) in [5.41, 5.74) is 1.81. The Labute approximate surface area is 135 Å². The fraction of sp³-hybridized carbons (Fsp3) is 0.278. The van der Waals surface area contributed by atoms with Gasteiger partial charge in [-0.2, -0.15) is 0 Å². The third kappa shape index (κ3) is 5.90. The van der Waals surface area contributed by atoms with Crippen molar-refractivity contribution in [2.45, 2.75) is 19.3 Å². The van der Waals surface area contributed by atoms with Gasteiger partial charge in [0.2, 0.25) is 5.91 Å². The summed E-state index contributed by atoms with van der Waals surface area (Å²) in [4.78, 5) is 27.5. The molecule has 0 saturated carbocycles. The van der Waals surface area contributed by atoms with Gasteiger partial charge in [0, 0.05) is 31.3 Å². The fourth-order valence-corrected chi connectivity index (χ4v) is 2.32. The van der Waals surface area contributed by atoms with Crippen molar-refractivity contribution in [3.63, 3.8) is 0 Å². The number of carbonyl (C=O) groups is 2. The second-order valence-electron chi connectivity index (χ2n) is 5.35. The van der Waals surface area contributed by atoms with E-state index in [4.69, 9.17) is 0 Å². The van der Waals surface area contributed by atoms with E-state index in [-0.39, 0.29) is 12.3 Å². The molecule has 0 unspecified atom stereocenters. The molecule has 5 heteroatoms. The van der Waals surface area contributed by atoms with E-state index in [2.05, 4.69) is 10.3 Å². The van der Waals surface area contributed by atoms with Crippen molar-refractivity contribution in [3.8, 4) is 0 Å². The number of carboxylic acid groups (broad SMARTS) is 1. The van der Waals surface area contributed by atoms with Crippen LogP contribution in [-0.4, -0.2) is 28.5 Å². The standard InChI is InChI=1S/C18H20N2O3/c21-17(20-11-9-16-8-4-5-10-19-16)13-15(18(22)23)12-14-6-2-1-3-7-14/h1-8,10,15H,9,11-13H2,(H,20,21)(H,22,23)/t15-/m1/s1. The molecule has 2 aromatic rings. The topological polar surface area (TPSA) is 79.3 Å². The molecular formula is C18H20N2O3. The van der Waals surface area contributed by atoms with Crippen LogP contribution in [0.15, 0.2) is 54.7 Å². The van der Waals surface area contributed by atoms with Crippen molar-refractivity contribution < 1.29 is 14.7 Å². The molecule has 1 amide bonds. The predicted molar refractivity (Wildman–Crippen MR) is 86.8 cm³/mol. The van der Waals surface area contributed by atoms with Crippen LogP contribution in [0.4, 0.5) is 0 Å². The molecule has 0 aliphatic carbocycles. The monoisotopic (exact) mass is 312 g/mol. The largest absolute Gasteiger partial charge is 0.481 e. The molecule has 5 nitrogen and oxygen atoms in total. The Morgan fingerprint density at radius 3 is 2.48 bits per heavy atom. The second kappa shape index (κ2) is 8.68. The zero-order chi connectivity index (χ0) is 16.5. The number of carbonyl (C=O) groups excluding carboxylic acids is 1. The highest BCUT2D eigenvalue weighted by atomic mass is 16.4. The van der Waals surface area contributed by atoms with Crippen molar-refractivity contribution >= 4 is 11.9 Å². The van der Waals surface area contributed by atoms with Gasteiger partial charge in [-0.25, -0.2) is 0 Å².